The van der Waals surface area contributed by atoms with Crippen LogP contribution in [-0.2, 0) is 0 Å². The van der Waals surface area contributed by atoms with Crippen molar-refractivity contribution in [3.8, 4) is 0 Å². The number of rotatable bonds is 6. The van der Waals surface area contributed by atoms with Gasteiger partial charge in [0, 0.05) is 26.2 Å². The van der Waals surface area contributed by atoms with Crippen LogP contribution in [0, 0.1) is 0 Å². The molecule has 2 fully saturated rings. The van der Waals surface area contributed by atoms with Gasteiger partial charge in [0.15, 0.2) is 0 Å². The minimum absolute atomic E-state index is 1.14. The van der Waals surface area contributed by atoms with Crippen LogP contribution in [-0.4, -0.2) is 76.3 Å². The molecule has 0 bridgehead atoms. The van der Waals surface area contributed by atoms with Crippen LogP contribution in [0.15, 0.2) is 0 Å². The van der Waals surface area contributed by atoms with E-state index in [1.807, 2.05) is 14.1 Å². The Labute approximate surface area is 119 Å². The maximum atomic E-state index is 3.17. The minimum atomic E-state index is 1.14. The molecule has 0 atom stereocenters. The van der Waals surface area contributed by atoms with E-state index in [1.165, 1.54) is 71.4 Å². The Kier molecular flexibility index (Phi) is 10.4. The highest BCUT2D eigenvalue weighted by Gasteiger charge is 2.09. The third-order valence-electron chi connectivity index (χ3n) is 4.00. The zero-order valence-corrected chi connectivity index (χ0v) is 13.1. The first-order chi connectivity index (χ1) is 9.36. The van der Waals surface area contributed by atoms with Crippen molar-refractivity contribution in [1.82, 2.24) is 20.4 Å². The molecule has 2 heterocycles. The number of hydrogen-bond donors (Lipinski definition) is 2. The quantitative estimate of drug-likeness (QED) is 0.754. The van der Waals surface area contributed by atoms with Crippen LogP contribution < -0.4 is 10.6 Å². The molecule has 4 heteroatoms. The van der Waals surface area contributed by atoms with E-state index >= 15 is 0 Å². The number of piperidine rings is 1. The Bertz CT molecular complexity index is 187. The van der Waals surface area contributed by atoms with Crippen molar-refractivity contribution < 1.29 is 0 Å². The summed E-state index contributed by atoms with van der Waals surface area (Å²) in [5, 5.41) is 6.33. The fourth-order valence-corrected chi connectivity index (χ4v) is 2.73. The zero-order chi connectivity index (χ0) is 13.8. The molecule has 2 aliphatic heterocycles. The summed E-state index contributed by atoms with van der Waals surface area (Å²) in [6.45, 7) is 10.0. The normalized spacial score (nSPS) is 21.2. The maximum Gasteiger partial charge on any atom is 0.0107 e. The van der Waals surface area contributed by atoms with Gasteiger partial charge in [0.25, 0.3) is 0 Å². The summed E-state index contributed by atoms with van der Waals surface area (Å²) in [6, 6.07) is 0. The zero-order valence-electron chi connectivity index (χ0n) is 13.1. The van der Waals surface area contributed by atoms with Crippen molar-refractivity contribution >= 4 is 0 Å². The Morgan fingerprint density at radius 1 is 0.632 bits per heavy atom. The van der Waals surface area contributed by atoms with Crippen molar-refractivity contribution in [2.75, 3.05) is 66.5 Å². The predicted molar refractivity (Wildman–Crippen MR) is 83.8 cm³/mol. The van der Waals surface area contributed by atoms with Gasteiger partial charge in [-0.2, -0.15) is 0 Å². The molecule has 19 heavy (non-hydrogen) atoms. The van der Waals surface area contributed by atoms with E-state index in [1.54, 1.807) is 0 Å². The van der Waals surface area contributed by atoms with Crippen molar-refractivity contribution in [1.29, 1.82) is 0 Å². The lowest BCUT2D eigenvalue weighted by molar-refractivity contribution is 0.231. The highest BCUT2D eigenvalue weighted by atomic mass is 15.1. The van der Waals surface area contributed by atoms with Gasteiger partial charge in [-0.3, -0.25) is 0 Å². The molecular weight excluding hydrogens is 236 g/mol. The molecule has 0 saturated carbocycles. The summed E-state index contributed by atoms with van der Waals surface area (Å²) in [6.07, 6.45) is 7.07. The van der Waals surface area contributed by atoms with Crippen LogP contribution >= 0.6 is 0 Å². The lowest BCUT2D eigenvalue weighted by atomic mass is 10.1. The highest BCUT2D eigenvalue weighted by Crippen LogP contribution is 2.07. The molecule has 0 unspecified atom stereocenters. The van der Waals surface area contributed by atoms with Gasteiger partial charge in [0.2, 0.25) is 0 Å². The van der Waals surface area contributed by atoms with Gasteiger partial charge in [-0.05, 0) is 66.0 Å². The van der Waals surface area contributed by atoms with Crippen LogP contribution in [0.5, 0.6) is 0 Å². The van der Waals surface area contributed by atoms with E-state index in [0.717, 1.165) is 13.1 Å². The fraction of sp³-hybridized carbons (Fsp3) is 1.00. The van der Waals surface area contributed by atoms with E-state index in [2.05, 4.69) is 20.4 Å². The van der Waals surface area contributed by atoms with E-state index in [0.29, 0.717) is 0 Å². The molecule has 2 N–H and O–H groups in total. The Morgan fingerprint density at radius 2 is 1.00 bits per heavy atom. The van der Waals surface area contributed by atoms with Gasteiger partial charge in [-0.1, -0.05) is 6.42 Å². The van der Waals surface area contributed by atoms with Gasteiger partial charge < -0.3 is 20.4 Å². The Hall–Kier alpha value is -0.160. The van der Waals surface area contributed by atoms with Gasteiger partial charge in [-0.25, -0.2) is 0 Å². The molecule has 2 aliphatic rings. The van der Waals surface area contributed by atoms with Crippen LogP contribution in [0.25, 0.3) is 0 Å². The number of likely N-dealkylation sites (tertiary alicyclic amines) is 2. The van der Waals surface area contributed by atoms with E-state index < -0.39 is 0 Å². The van der Waals surface area contributed by atoms with Crippen LogP contribution in [0.2, 0.25) is 0 Å². The summed E-state index contributed by atoms with van der Waals surface area (Å²) >= 11 is 0. The fourth-order valence-electron chi connectivity index (χ4n) is 2.73. The van der Waals surface area contributed by atoms with Gasteiger partial charge in [0.05, 0.1) is 0 Å². The third-order valence-corrected chi connectivity index (χ3v) is 4.00. The second-order valence-corrected chi connectivity index (χ2v) is 5.66. The Morgan fingerprint density at radius 3 is 1.37 bits per heavy atom. The van der Waals surface area contributed by atoms with Gasteiger partial charge in [0.1, 0.15) is 0 Å². The molecule has 0 radical (unpaired) electrons. The number of likely N-dealkylation sites (N-methyl/N-ethyl adjacent to an activating group) is 2. The Balaban J connectivity index is 0.000000191. The standard InChI is InChI=1S/C8H18N2.C7H16N2/c1-9-5-8-10-6-3-2-4-7-10;1-8-4-7-9-5-2-3-6-9/h9H,2-8H2,1H3;8H,2-7H2,1H3. The molecule has 0 amide bonds. The van der Waals surface area contributed by atoms with E-state index in [9.17, 15) is 0 Å². The first-order valence-electron chi connectivity index (χ1n) is 8.10. The predicted octanol–water partition coefficient (Wildman–Crippen LogP) is 0.993. The van der Waals surface area contributed by atoms with Gasteiger partial charge in [-0.15, -0.1) is 0 Å². The van der Waals surface area contributed by atoms with E-state index in [4.69, 9.17) is 0 Å². The summed E-state index contributed by atoms with van der Waals surface area (Å²) < 4.78 is 0. The monoisotopic (exact) mass is 270 g/mol. The minimum Gasteiger partial charge on any atom is -0.318 e. The van der Waals surface area contributed by atoms with Crippen molar-refractivity contribution in [2.45, 2.75) is 32.1 Å². The molecular formula is C15H34N4. The third kappa shape index (κ3) is 8.58. The molecule has 0 spiro atoms. The molecule has 0 aromatic rings. The first kappa shape index (κ1) is 16.9. The average Bonchev–Trinajstić information content (AvgIpc) is 2.98. The van der Waals surface area contributed by atoms with Crippen molar-refractivity contribution in [3.63, 3.8) is 0 Å². The first-order valence-corrected chi connectivity index (χ1v) is 8.10. The van der Waals surface area contributed by atoms with Crippen LogP contribution in [0.1, 0.15) is 32.1 Å². The average molecular weight is 270 g/mol. The molecule has 0 aromatic carbocycles. The largest absolute Gasteiger partial charge is 0.318 e. The summed E-state index contributed by atoms with van der Waals surface area (Å²) in [7, 11) is 4.03. The smallest absolute Gasteiger partial charge is 0.0107 e. The molecule has 2 saturated heterocycles. The topological polar surface area (TPSA) is 30.5 Å². The molecule has 4 nitrogen and oxygen atoms in total. The van der Waals surface area contributed by atoms with Crippen LogP contribution in [0.3, 0.4) is 0 Å². The van der Waals surface area contributed by atoms with Gasteiger partial charge >= 0.3 is 0 Å². The van der Waals surface area contributed by atoms with Crippen molar-refractivity contribution in [3.05, 3.63) is 0 Å². The molecule has 0 aliphatic carbocycles. The lowest BCUT2D eigenvalue weighted by Crippen LogP contribution is -2.34. The SMILES string of the molecule is CNCCN1CCCC1.CNCCN1CCCCC1. The number of nitrogens with zero attached hydrogens (tertiary/aromatic N) is 2. The molecule has 114 valence electrons. The van der Waals surface area contributed by atoms with Crippen molar-refractivity contribution in [2.24, 2.45) is 0 Å². The molecule has 0 aromatic heterocycles. The maximum absolute atomic E-state index is 3.17. The second-order valence-electron chi connectivity index (χ2n) is 5.66. The summed E-state index contributed by atoms with van der Waals surface area (Å²) in [4.78, 5) is 5.05. The summed E-state index contributed by atoms with van der Waals surface area (Å²) in [5.41, 5.74) is 0. The highest BCUT2D eigenvalue weighted by molar-refractivity contribution is 4.66. The number of hydrogen-bond acceptors (Lipinski definition) is 4. The van der Waals surface area contributed by atoms with Crippen LogP contribution in [0.4, 0.5) is 0 Å². The lowest BCUT2D eigenvalue weighted by Gasteiger charge is -2.25. The van der Waals surface area contributed by atoms with E-state index in [-0.39, 0.29) is 0 Å². The number of nitrogens with one attached hydrogen (secondary N) is 2. The molecule has 2 rings (SSSR count). The second kappa shape index (κ2) is 11.6. The summed E-state index contributed by atoms with van der Waals surface area (Å²) in [5.74, 6) is 0.